The van der Waals surface area contributed by atoms with Crippen molar-refractivity contribution in [2.45, 2.75) is 26.2 Å². The molecule has 0 saturated heterocycles. The second-order valence-corrected chi connectivity index (χ2v) is 7.66. The van der Waals surface area contributed by atoms with E-state index in [1.54, 1.807) is 13.8 Å². The minimum absolute atomic E-state index is 0.101. The molecule has 0 heterocycles. The molecule has 0 atom stereocenters. The first-order chi connectivity index (χ1) is 13.2. The minimum Gasteiger partial charge on any atom is -0.508 e. The van der Waals surface area contributed by atoms with Crippen LogP contribution in [0.3, 0.4) is 0 Å². The first kappa shape index (κ1) is 20.6. The van der Waals surface area contributed by atoms with Crippen LogP contribution in [0.1, 0.15) is 36.5 Å². The van der Waals surface area contributed by atoms with Gasteiger partial charge in [-0.2, -0.15) is 0 Å². The highest BCUT2D eigenvalue weighted by molar-refractivity contribution is 6.36. The second kappa shape index (κ2) is 8.06. The first-order valence-electron chi connectivity index (χ1n) is 8.62. The van der Waals surface area contributed by atoms with Gasteiger partial charge in [-0.15, -0.1) is 0 Å². The van der Waals surface area contributed by atoms with Crippen molar-refractivity contribution in [3.63, 3.8) is 0 Å². The van der Waals surface area contributed by atoms with Gasteiger partial charge in [0.2, 0.25) is 0 Å². The summed E-state index contributed by atoms with van der Waals surface area (Å²) in [7, 11) is 0. The van der Waals surface area contributed by atoms with Crippen molar-refractivity contribution in [3.05, 3.63) is 86.7 Å². The molecule has 3 aromatic carbocycles. The molecule has 146 valence electrons. The molecular formula is C22H17Cl2F3O. The summed E-state index contributed by atoms with van der Waals surface area (Å²) in [5.41, 5.74) is 1.61. The van der Waals surface area contributed by atoms with Crippen molar-refractivity contribution < 1.29 is 18.3 Å². The van der Waals surface area contributed by atoms with E-state index in [-0.39, 0.29) is 39.3 Å². The third kappa shape index (κ3) is 3.98. The molecule has 0 aliphatic carbocycles. The minimum atomic E-state index is -0.731. The van der Waals surface area contributed by atoms with Gasteiger partial charge in [0, 0.05) is 33.7 Å². The SMILES string of the molecule is CC(C)c1c(O)ccc(Cc2c(Cl)cc(-c3ccc(F)cc3F)cc2Cl)c1F. The molecule has 0 fully saturated rings. The lowest BCUT2D eigenvalue weighted by molar-refractivity contribution is 0.452. The molecule has 0 radical (unpaired) electrons. The van der Waals surface area contributed by atoms with Crippen LogP contribution in [0.2, 0.25) is 10.0 Å². The van der Waals surface area contributed by atoms with Crippen molar-refractivity contribution in [3.8, 4) is 16.9 Å². The number of benzene rings is 3. The maximum absolute atomic E-state index is 14.8. The van der Waals surface area contributed by atoms with E-state index in [0.29, 0.717) is 16.7 Å². The van der Waals surface area contributed by atoms with Gasteiger partial charge in [0.15, 0.2) is 0 Å². The summed E-state index contributed by atoms with van der Waals surface area (Å²) < 4.78 is 42.0. The summed E-state index contributed by atoms with van der Waals surface area (Å²) in [6.45, 7) is 3.57. The standard InChI is InChI=1S/C22H17Cl2F3O/c1-11(2)21-20(28)6-3-12(22(21)27)7-16-17(23)8-13(9-18(16)24)15-5-4-14(25)10-19(15)26/h3-6,8-11,28H,7H2,1-2H3. The first-order valence-corrected chi connectivity index (χ1v) is 9.38. The highest BCUT2D eigenvalue weighted by atomic mass is 35.5. The number of rotatable bonds is 4. The lowest BCUT2D eigenvalue weighted by atomic mass is 9.94. The highest BCUT2D eigenvalue weighted by Gasteiger charge is 2.19. The summed E-state index contributed by atoms with van der Waals surface area (Å²) >= 11 is 12.7. The molecule has 0 saturated carbocycles. The second-order valence-electron chi connectivity index (χ2n) is 6.85. The van der Waals surface area contributed by atoms with Crippen LogP contribution in [0.25, 0.3) is 11.1 Å². The molecule has 0 aliphatic rings. The third-order valence-electron chi connectivity index (χ3n) is 4.56. The normalized spacial score (nSPS) is 11.3. The number of phenols is 1. The number of halogens is 5. The summed E-state index contributed by atoms with van der Waals surface area (Å²) in [6, 6.07) is 9.19. The largest absolute Gasteiger partial charge is 0.508 e. The van der Waals surface area contributed by atoms with Crippen molar-refractivity contribution >= 4 is 23.2 Å². The molecule has 0 spiro atoms. The van der Waals surface area contributed by atoms with E-state index in [1.807, 2.05) is 0 Å². The predicted molar refractivity (Wildman–Crippen MR) is 107 cm³/mol. The van der Waals surface area contributed by atoms with Crippen LogP contribution < -0.4 is 0 Å². The Morgan fingerprint density at radius 3 is 2.14 bits per heavy atom. The molecule has 0 bridgehead atoms. The molecule has 3 rings (SSSR count). The van der Waals surface area contributed by atoms with Gasteiger partial charge >= 0.3 is 0 Å². The van der Waals surface area contributed by atoms with Gasteiger partial charge in [-0.25, -0.2) is 13.2 Å². The van der Waals surface area contributed by atoms with Gasteiger partial charge < -0.3 is 5.11 Å². The molecule has 1 nitrogen and oxygen atoms in total. The van der Waals surface area contributed by atoms with Gasteiger partial charge in [0.25, 0.3) is 0 Å². The Bertz CT molecular complexity index is 1030. The molecule has 0 unspecified atom stereocenters. The monoisotopic (exact) mass is 424 g/mol. The van der Waals surface area contributed by atoms with Crippen LogP contribution in [0, 0.1) is 17.5 Å². The van der Waals surface area contributed by atoms with E-state index in [9.17, 15) is 18.3 Å². The van der Waals surface area contributed by atoms with Crippen LogP contribution >= 0.6 is 23.2 Å². The topological polar surface area (TPSA) is 20.2 Å². The smallest absolute Gasteiger partial charge is 0.133 e. The Kier molecular flexibility index (Phi) is 5.92. The van der Waals surface area contributed by atoms with Crippen molar-refractivity contribution in [1.82, 2.24) is 0 Å². The summed E-state index contributed by atoms with van der Waals surface area (Å²) in [6.07, 6.45) is 0.107. The molecular weight excluding hydrogens is 408 g/mol. The van der Waals surface area contributed by atoms with Crippen molar-refractivity contribution in [2.24, 2.45) is 0 Å². The molecule has 0 aromatic heterocycles. The maximum atomic E-state index is 14.8. The van der Waals surface area contributed by atoms with Crippen molar-refractivity contribution in [1.29, 1.82) is 0 Å². The van der Waals surface area contributed by atoms with Gasteiger partial charge in [-0.3, -0.25) is 0 Å². The number of aromatic hydroxyl groups is 1. The van der Waals surface area contributed by atoms with Gasteiger partial charge in [0.1, 0.15) is 23.2 Å². The molecule has 28 heavy (non-hydrogen) atoms. The third-order valence-corrected chi connectivity index (χ3v) is 5.24. The molecule has 0 amide bonds. The average Bonchev–Trinajstić information content (AvgIpc) is 2.59. The van der Waals surface area contributed by atoms with E-state index in [4.69, 9.17) is 23.2 Å². The van der Waals surface area contributed by atoms with Gasteiger partial charge in [-0.05, 0) is 52.9 Å². The Morgan fingerprint density at radius 1 is 0.929 bits per heavy atom. The highest BCUT2D eigenvalue weighted by Crippen LogP contribution is 2.36. The lowest BCUT2D eigenvalue weighted by Gasteiger charge is -2.15. The van der Waals surface area contributed by atoms with Crippen LogP contribution in [0.15, 0.2) is 42.5 Å². The van der Waals surface area contributed by atoms with Crippen LogP contribution in [0.4, 0.5) is 13.2 Å². The number of hydrogen-bond donors (Lipinski definition) is 1. The van der Waals surface area contributed by atoms with Crippen LogP contribution in [-0.4, -0.2) is 5.11 Å². The van der Waals surface area contributed by atoms with E-state index < -0.39 is 17.5 Å². The zero-order valence-electron chi connectivity index (χ0n) is 15.2. The summed E-state index contributed by atoms with van der Waals surface area (Å²) in [5.74, 6) is -2.22. The van der Waals surface area contributed by atoms with Crippen LogP contribution in [0.5, 0.6) is 5.75 Å². The van der Waals surface area contributed by atoms with E-state index >= 15 is 0 Å². The predicted octanol–water partition coefficient (Wildman–Crippen LogP) is 7.50. The fourth-order valence-corrected chi connectivity index (χ4v) is 3.78. The molecule has 1 N–H and O–H groups in total. The zero-order chi connectivity index (χ0) is 20.6. The van der Waals surface area contributed by atoms with Crippen molar-refractivity contribution in [2.75, 3.05) is 0 Å². The van der Waals surface area contributed by atoms with E-state index in [0.717, 1.165) is 12.1 Å². The van der Waals surface area contributed by atoms with E-state index in [2.05, 4.69) is 0 Å². The number of phenolic OH excluding ortho intramolecular Hbond substituents is 1. The quantitative estimate of drug-likeness (QED) is 0.459. The summed E-state index contributed by atoms with van der Waals surface area (Å²) in [4.78, 5) is 0. The molecule has 3 aromatic rings. The Balaban J connectivity index is 2.02. The Morgan fingerprint density at radius 2 is 1.57 bits per heavy atom. The fourth-order valence-electron chi connectivity index (χ4n) is 3.16. The van der Waals surface area contributed by atoms with Crippen LogP contribution in [-0.2, 0) is 6.42 Å². The lowest BCUT2D eigenvalue weighted by Crippen LogP contribution is -2.01. The van der Waals surface area contributed by atoms with E-state index in [1.165, 1.54) is 30.3 Å². The Labute approximate surface area is 171 Å². The van der Waals surface area contributed by atoms with Gasteiger partial charge in [-0.1, -0.05) is 43.1 Å². The molecule has 0 aliphatic heterocycles. The zero-order valence-corrected chi connectivity index (χ0v) is 16.7. The average molecular weight is 425 g/mol. The Hall–Kier alpha value is -2.17. The maximum Gasteiger partial charge on any atom is 0.133 e. The van der Waals surface area contributed by atoms with Gasteiger partial charge in [0.05, 0.1) is 0 Å². The molecule has 6 heteroatoms. The number of hydrogen-bond acceptors (Lipinski definition) is 1. The fraction of sp³-hybridized carbons (Fsp3) is 0.182. The summed E-state index contributed by atoms with van der Waals surface area (Å²) in [5, 5.41) is 10.4.